The Labute approximate surface area is 203 Å². The molecular weight excluding hydrogens is 396 g/mol. The maximum Gasteiger partial charge on any atom is 0.0248 e. The predicted molar refractivity (Wildman–Crippen MR) is 144 cm³/mol. The number of hydrogen-bond donors (Lipinski definition) is 0. The van der Waals surface area contributed by atoms with Gasteiger partial charge >= 0.3 is 0 Å². The van der Waals surface area contributed by atoms with Crippen LogP contribution in [-0.4, -0.2) is 0 Å². The highest BCUT2D eigenvalue weighted by molar-refractivity contribution is 5.82. The van der Waals surface area contributed by atoms with Crippen LogP contribution in [0.2, 0.25) is 0 Å². The number of hydrogen-bond acceptors (Lipinski definition) is 0. The van der Waals surface area contributed by atoms with Crippen LogP contribution < -0.4 is 0 Å². The monoisotopic (exact) mass is 438 g/mol. The first-order valence-corrected chi connectivity index (χ1v) is 13.1. The molecule has 0 fully saturated rings. The number of rotatable bonds is 10. The van der Waals surface area contributed by atoms with Crippen LogP contribution in [0.5, 0.6) is 0 Å². The van der Waals surface area contributed by atoms with E-state index in [0.29, 0.717) is 11.8 Å². The molecule has 0 aliphatic heterocycles. The van der Waals surface area contributed by atoms with E-state index in [1.807, 2.05) is 13.8 Å². The van der Waals surface area contributed by atoms with Crippen molar-refractivity contribution < 1.29 is 0 Å². The number of benzene rings is 2. The molecule has 0 spiro atoms. The fraction of sp³-hybridized carbons (Fsp3) is 0.515. The van der Waals surface area contributed by atoms with E-state index in [2.05, 4.69) is 87.8 Å². The van der Waals surface area contributed by atoms with E-state index in [4.69, 9.17) is 0 Å². The zero-order chi connectivity index (χ0) is 23.8. The summed E-state index contributed by atoms with van der Waals surface area (Å²) in [6.07, 6.45) is 10.2. The van der Waals surface area contributed by atoms with Gasteiger partial charge in [-0.2, -0.15) is 0 Å². The third-order valence-corrected chi connectivity index (χ3v) is 7.39. The topological polar surface area (TPSA) is 0 Å². The first-order chi connectivity index (χ1) is 16.0. The highest BCUT2D eigenvalue weighted by atomic mass is 14.5. The molecule has 0 aromatic heterocycles. The second-order valence-corrected chi connectivity index (χ2v) is 10.3. The average Bonchev–Trinajstić information content (AvgIpc) is 3.05. The molecule has 33 heavy (non-hydrogen) atoms. The quantitative estimate of drug-likeness (QED) is 0.324. The molecule has 0 saturated heterocycles. The summed E-state index contributed by atoms with van der Waals surface area (Å²) in [5.74, 6) is 14.3. The van der Waals surface area contributed by atoms with Gasteiger partial charge in [-0.3, -0.25) is 0 Å². The van der Waals surface area contributed by atoms with Crippen LogP contribution in [0.4, 0.5) is 0 Å². The minimum Gasteiger partial charge on any atom is -0.101 e. The van der Waals surface area contributed by atoms with E-state index in [9.17, 15) is 0 Å². The maximum absolute atomic E-state index is 3.34. The molecule has 0 bridgehead atoms. The van der Waals surface area contributed by atoms with Crippen LogP contribution in [0.1, 0.15) is 115 Å². The summed E-state index contributed by atoms with van der Waals surface area (Å²) >= 11 is 0. The smallest absolute Gasteiger partial charge is 0.0248 e. The van der Waals surface area contributed by atoms with Crippen LogP contribution >= 0.6 is 0 Å². The van der Waals surface area contributed by atoms with Gasteiger partial charge in [0.05, 0.1) is 0 Å². The summed E-state index contributed by atoms with van der Waals surface area (Å²) in [4.78, 5) is 0. The fourth-order valence-corrected chi connectivity index (χ4v) is 5.96. The molecule has 174 valence electrons. The van der Waals surface area contributed by atoms with Crippen LogP contribution in [0, 0.1) is 35.5 Å². The molecule has 0 radical (unpaired) electrons. The van der Waals surface area contributed by atoms with Crippen molar-refractivity contribution in [2.45, 2.75) is 98.3 Å². The Balaban J connectivity index is 2.22. The van der Waals surface area contributed by atoms with E-state index >= 15 is 0 Å². The molecule has 1 aliphatic carbocycles. The first kappa shape index (κ1) is 25.2. The average molecular weight is 439 g/mol. The van der Waals surface area contributed by atoms with Gasteiger partial charge in [0.1, 0.15) is 0 Å². The van der Waals surface area contributed by atoms with Crippen molar-refractivity contribution in [1.29, 1.82) is 0 Å². The lowest BCUT2D eigenvalue weighted by atomic mass is 9.66. The molecule has 3 rings (SSSR count). The van der Waals surface area contributed by atoms with Crippen molar-refractivity contribution in [2.24, 2.45) is 11.8 Å². The Morgan fingerprint density at radius 2 is 1.12 bits per heavy atom. The summed E-state index contributed by atoms with van der Waals surface area (Å²) in [6, 6.07) is 13.9. The Hall–Kier alpha value is -2.44. The van der Waals surface area contributed by atoms with E-state index in [0.717, 1.165) is 11.1 Å². The molecule has 2 aromatic carbocycles. The lowest BCUT2D eigenvalue weighted by Gasteiger charge is -2.37. The van der Waals surface area contributed by atoms with E-state index in [1.54, 1.807) is 0 Å². The van der Waals surface area contributed by atoms with E-state index < -0.39 is 0 Å². The molecule has 0 nitrogen and oxygen atoms in total. The third kappa shape index (κ3) is 5.56. The van der Waals surface area contributed by atoms with Gasteiger partial charge in [0.15, 0.2) is 0 Å². The Morgan fingerprint density at radius 3 is 1.48 bits per heavy atom. The van der Waals surface area contributed by atoms with Crippen LogP contribution in [-0.2, 0) is 5.41 Å². The lowest BCUT2D eigenvalue weighted by Crippen LogP contribution is -2.30. The zero-order valence-electron chi connectivity index (χ0n) is 21.8. The molecule has 1 aliphatic rings. The van der Waals surface area contributed by atoms with Gasteiger partial charge in [-0.05, 0) is 85.0 Å². The standard InChI is InChI=1S/C33H42/c1-7-11-15-25(5)23-33(24-26(6)16-12-8-2)31-21-27(13-9-3)17-19-29(31)30-20-18-28(14-10-4)22-32(30)33/h17-22,25-26H,7-8,11-12,15-16,23-24H2,1-6H3. The SMILES string of the molecule is CC#Cc1ccc2c(c1)C(CC(C)CCCC)(CC(C)CCCC)c1cc(C#CC)ccc1-2. The van der Waals surface area contributed by atoms with Crippen molar-refractivity contribution >= 4 is 0 Å². The van der Waals surface area contributed by atoms with Gasteiger partial charge < -0.3 is 0 Å². The largest absolute Gasteiger partial charge is 0.101 e. The molecule has 0 amide bonds. The zero-order valence-corrected chi connectivity index (χ0v) is 21.8. The van der Waals surface area contributed by atoms with Crippen LogP contribution in [0.15, 0.2) is 36.4 Å². The van der Waals surface area contributed by atoms with Gasteiger partial charge in [0, 0.05) is 16.5 Å². The fourth-order valence-electron chi connectivity index (χ4n) is 5.96. The van der Waals surface area contributed by atoms with Crippen molar-refractivity contribution in [2.75, 3.05) is 0 Å². The first-order valence-electron chi connectivity index (χ1n) is 13.1. The summed E-state index contributed by atoms with van der Waals surface area (Å²) in [7, 11) is 0. The van der Waals surface area contributed by atoms with Gasteiger partial charge in [0.2, 0.25) is 0 Å². The Kier molecular flexibility index (Phi) is 8.87. The maximum atomic E-state index is 3.34. The lowest BCUT2D eigenvalue weighted by molar-refractivity contribution is 0.294. The highest BCUT2D eigenvalue weighted by Gasteiger charge is 2.44. The van der Waals surface area contributed by atoms with Gasteiger partial charge in [-0.25, -0.2) is 0 Å². The van der Waals surface area contributed by atoms with Crippen molar-refractivity contribution in [3.63, 3.8) is 0 Å². The Bertz CT molecular complexity index is 975. The molecule has 2 unspecified atom stereocenters. The second kappa shape index (κ2) is 11.6. The molecule has 0 heterocycles. The van der Waals surface area contributed by atoms with Gasteiger partial charge in [-0.1, -0.05) is 90.2 Å². The third-order valence-electron chi connectivity index (χ3n) is 7.39. The van der Waals surface area contributed by atoms with Gasteiger partial charge in [-0.15, -0.1) is 11.8 Å². The minimum atomic E-state index is 0.0435. The number of unbranched alkanes of at least 4 members (excludes halogenated alkanes) is 2. The van der Waals surface area contributed by atoms with Crippen molar-refractivity contribution in [3.8, 4) is 34.8 Å². The van der Waals surface area contributed by atoms with Crippen LogP contribution in [0.25, 0.3) is 11.1 Å². The predicted octanol–water partition coefficient (Wildman–Crippen LogP) is 9.13. The molecule has 0 saturated carbocycles. The summed E-state index contributed by atoms with van der Waals surface area (Å²) < 4.78 is 0. The van der Waals surface area contributed by atoms with E-state index in [-0.39, 0.29) is 5.41 Å². The van der Waals surface area contributed by atoms with Crippen LogP contribution in [0.3, 0.4) is 0 Å². The molecule has 0 heteroatoms. The van der Waals surface area contributed by atoms with Crippen molar-refractivity contribution in [3.05, 3.63) is 58.7 Å². The second-order valence-electron chi connectivity index (χ2n) is 10.3. The van der Waals surface area contributed by atoms with Crippen molar-refractivity contribution in [1.82, 2.24) is 0 Å². The highest BCUT2D eigenvalue weighted by Crippen LogP contribution is 2.56. The summed E-state index contributed by atoms with van der Waals surface area (Å²) in [5, 5.41) is 0. The minimum absolute atomic E-state index is 0.0435. The Morgan fingerprint density at radius 1 is 0.697 bits per heavy atom. The van der Waals surface area contributed by atoms with Gasteiger partial charge in [0.25, 0.3) is 0 Å². The number of fused-ring (bicyclic) bond motifs is 3. The summed E-state index contributed by atoms with van der Waals surface area (Å²) in [5.41, 5.74) is 8.16. The normalized spacial score (nSPS) is 14.8. The molecule has 0 N–H and O–H groups in total. The molecule has 2 atom stereocenters. The van der Waals surface area contributed by atoms with E-state index in [1.165, 1.54) is 73.6 Å². The molecular formula is C33H42. The summed E-state index contributed by atoms with van der Waals surface area (Å²) in [6.45, 7) is 13.4. The molecule has 2 aromatic rings.